The van der Waals surface area contributed by atoms with E-state index in [1.807, 2.05) is 45.0 Å². The second kappa shape index (κ2) is 5.66. The Hall–Kier alpha value is -1.35. The predicted molar refractivity (Wildman–Crippen MR) is 64.6 cm³/mol. The molecule has 1 aromatic rings. The number of rotatable bonds is 5. The van der Waals surface area contributed by atoms with E-state index >= 15 is 0 Å². The van der Waals surface area contributed by atoms with Gasteiger partial charge in [0.1, 0.15) is 6.04 Å². The minimum atomic E-state index is -0.797. The van der Waals surface area contributed by atoms with Gasteiger partial charge in [-0.25, -0.2) is 0 Å². The molecule has 0 aliphatic carbocycles. The third-order valence-electron chi connectivity index (χ3n) is 2.39. The summed E-state index contributed by atoms with van der Waals surface area (Å²) >= 11 is 0. The number of hydrogen-bond acceptors (Lipinski definition) is 2. The molecule has 0 bridgehead atoms. The van der Waals surface area contributed by atoms with Crippen LogP contribution in [-0.4, -0.2) is 23.2 Å². The Balaban J connectivity index is 2.68. The number of carboxylic acid groups (broad SMARTS) is 1. The standard InChI is InChI=1S/C13H19NO2/c1-9(2)14-12(13(15)16)8-11-6-4-10(3)5-7-11/h4-7,9,12,14H,8H2,1-3H3,(H,15,16). The number of nitrogens with one attached hydrogen (secondary N) is 1. The molecule has 0 saturated carbocycles. The van der Waals surface area contributed by atoms with Gasteiger partial charge in [-0.2, -0.15) is 0 Å². The Morgan fingerprint density at radius 1 is 1.31 bits per heavy atom. The van der Waals surface area contributed by atoms with Crippen LogP contribution in [0.15, 0.2) is 24.3 Å². The monoisotopic (exact) mass is 221 g/mol. The van der Waals surface area contributed by atoms with E-state index in [0.29, 0.717) is 6.42 Å². The zero-order chi connectivity index (χ0) is 12.1. The number of carbonyl (C=O) groups is 1. The fraction of sp³-hybridized carbons (Fsp3) is 0.462. The predicted octanol–water partition coefficient (Wildman–Crippen LogP) is 1.99. The van der Waals surface area contributed by atoms with E-state index in [4.69, 9.17) is 5.11 Å². The molecule has 1 atom stereocenters. The van der Waals surface area contributed by atoms with Gasteiger partial charge in [0.05, 0.1) is 0 Å². The van der Waals surface area contributed by atoms with Gasteiger partial charge in [0, 0.05) is 6.04 Å². The van der Waals surface area contributed by atoms with Crippen LogP contribution in [0.25, 0.3) is 0 Å². The van der Waals surface area contributed by atoms with Crippen molar-refractivity contribution in [2.24, 2.45) is 0 Å². The molecule has 1 aromatic carbocycles. The van der Waals surface area contributed by atoms with Crippen LogP contribution in [0.1, 0.15) is 25.0 Å². The summed E-state index contributed by atoms with van der Waals surface area (Å²) in [5, 5.41) is 12.1. The SMILES string of the molecule is Cc1ccc(CC(NC(C)C)C(=O)O)cc1. The van der Waals surface area contributed by atoms with E-state index in [1.54, 1.807) is 0 Å². The molecule has 1 unspecified atom stereocenters. The lowest BCUT2D eigenvalue weighted by Crippen LogP contribution is -2.42. The molecule has 0 aliphatic rings. The smallest absolute Gasteiger partial charge is 0.321 e. The molecule has 0 fully saturated rings. The topological polar surface area (TPSA) is 49.3 Å². The van der Waals surface area contributed by atoms with Crippen LogP contribution in [0.4, 0.5) is 0 Å². The lowest BCUT2D eigenvalue weighted by molar-refractivity contribution is -0.139. The highest BCUT2D eigenvalue weighted by Gasteiger charge is 2.18. The summed E-state index contributed by atoms with van der Waals surface area (Å²) in [6.45, 7) is 5.92. The van der Waals surface area contributed by atoms with Crippen LogP contribution in [0.3, 0.4) is 0 Å². The van der Waals surface area contributed by atoms with Crippen LogP contribution in [-0.2, 0) is 11.2 Å². The van der Waals surface area contributed by atoms with Crippen molar-refractivity contribution in [3.05, 3.63) is 35.4 Å². The first-order chi connectivity index (χ1) is 7.49. The minimum absolute atomic E-state index is 0.173. The van der Waals surface area contributed by atoms with Crippen LogP contribution in [0.2, 0.25) is 0 Å². The van der Waals surface area contributed by atoms with Crippen molar-refractivity contribution < 1.29 is 9.90 Å². The number of benzene rings is 1. The Morgan fingerprint density at radius 3 is 2.31 bits per heavy atom. The zero-order valence-electron chi connectivity index (χ0n) is 10.0. The fourth-order valence-corrected chi connectivity index (χ4v) is 1.58. The molecule has 0 radical (unpaired) electrons. The third kappa shape index (κ3) is 4.03. The molecule has 3 heteroatoms. The Kier molecular flexibility index (Phi) is 4.50. The van der Waals surface area contributed by atoms with Crippen molar-refractivity contribution in [2.45, 2.75) is 39.3 Å². The minimum Gasteiger partial charge on any atom is -0.480 e. The van der Waals surface area contributed by atoms with E-state index < -0.39 is 12.0 Å². The van der Waals surface area contributed by atoms with Gasteiger partial charge in [-0.1, -0.05) is 43.7 Å². The summed E-state index contributed by atoms with van der Waals surface area (Å²) in [5.74, 6) is -0.797. The molecule has 0 heterocycles. The normalized spacial score (nSPS) is 12.8. The van der Waals surface area contributed by atoms with Gasteiger partial charge in [-0.15, -0.1) is 0 Å². The highest BCUT2D eigenvalue weighted by Crippen LogP contribution is 2.07. The van der Waals surface area contributed by atoms with E-state index in [0.717, 1.165) is 5.56 Å². The second-order valence-corrected chi connectivity index (χ2v) is 4.40. The number of aryl methyl sites for hydroxylation is 1. The Bertz CT molecular complexity index is 343. The Morgan fingerprint density at radius 2 is 1.88 bits per heavy atom. The summed E-state index contributed by atoms with van der Waals surface area (Å²) in [6, 6.07) is 7.63. The maximum absolute atomic E-state index is 11.0. The average molecular weight is 221 g/mol. The van der Waals surface area contributed by atoms with Crippen molar-refractivity contribution in [3.63, 3.8) is 0 Å². The maximum Gasteiger partial charge on any atom is 0.321 e. The van der Waals surface area contributed by atoms with Gasteiger partial charge < -0.3 is 10.4 Å². The molecule has 0 spiro atoms. The molecular weight excluding hydrogens is 202 g/mol. The number of hydrogen-bond donors (Lipinski definition) is 2. The molecule has 3 nitrogen and oxygen atoms in total. The summed E-state index contributed by atoms with van der Waals surface area (Å²) in [4.78, 5) is 11.0. The van der Waals surface area contributed by atoms with Crippen LogP contribution in [0.5, 0.6) is 0 Å². The van der Waals surface area contributed by atoms with Crippen molar-refractivity contribution in [1.29, 1.82) is 0 Å². The third-order valence-corrected chi connectivity index (χ3v) is 2.39. The van der Waals surface area contributed by atoms with Crippen LogP contribution >= 0.6 is 0 Å². The van der Waals surface area contributed by atoms with Gasteiger partial charge in [0.15, 0.2) is 0 Å². The van der Waals surface area contributed by atoms with E-state index in [-0.39, 0.29) is 6.04 Å². The van der Waals surface area contributed by atoms with Crippen LogP contribution < -0.4 is 5.32 Å². The fourth-order valence-electron chi connectivity index (χ4n) is 1.58. The number of aliphatic carboxylic acids is 1. The van der Waals surface area contributed by atoms with Gasteiger partial charge >= 0.3 is 5.97 Å². The summed E-state index contributed by atoms with van der Waals surface area (Å²) in [7, 11) is 0. The molecule has 0 aromatic heterocycles. The molecule has 0 amide bonds. The maximum atomic E-state index is 11.0. The van der Waals surface area contributed by atoms with Crippen molar-refractivity contribution in [2.75, 3.05) is 0 Å². The molecule has 1 rings (SSSR count). The lowest BCUT2D eigenvalue weighted by Gasteiger charge is -2.17. The highest BCUT2D eigenvalue weighted by atomic mass is 16.4. The molecule has 88 valence electrons. The van der Waals surface area contributed by atoms with Gasteiger partial charge in [0.2, 0.25) is 0 Å². The first kappa shape index (κ1) is 12.7. The average Bonchev–Trinajstić information content (AvgIpc) is 2.19. The first-order valence-corrected chi connectivity index (χ1v) is 5.53. The van der Waals surface area contributed by atoms with Gasteiger partial charge in [0.25, 0.3) is 0 Å². The van der Waals surface area contributed by atoms with E-state index in [9.17, 15) is 4.79 Å². The van der Waals surface area contributed by atoms with Crippen molar-refractivity contribution in [3.8, 4) is 0 Å². The molecule has 16 heavy (non-hydrogen) atoms. The molecule has 0 aliphatic heterocycles. The molecule has 0 saturated heterocycles. The van der Waals surface area contributed by atoms with E-state index in [1.165, 1.54) is 5.56 Å². The van der Waals surface area contributed by atoms with Gasteiger partial charge in [-0.3, -0.25) is 4.79 Å². The quantitative estimate of drug-likeness (QED) is 0.799. The first-order valence-electron chi connectivity index (χ1n) is 5.53. The summed E-state index contributed by atoms with van der Waals surface area (Å²) < 4.78 is 0. The van der Waals surface area contributed by atoms with Crippen molar-refractivity contribution >= 4 is 5.97 Å². The zero-order valence-corrected chi connectivity index (χ0v) is 10.0. The summed E-state index contributed by atoms with van der Waals surface area (Å²) in [5.41, 5.74) is 2.23. The number of carboxylic acids is 1. The van der Waals surface area contributed by atoms with E-state index in [2.05, 4.69) is 5.32 Å². The highest BCUT2D eigenvalue weighted by molar-refractivity contribution is 5.74. The Labute approximate surface area is 96.5 Å². The van der Waals surface area contributed by atoms with Gasteiger partial charge in [-0.05, 0) is 18.9 Å². The lowest BCUT2D eigenvalue weighted by atomic mass is 10.0. The molecule has 2 N–H and O–H groups in total. The summed E-state index contributed by atoms with van der Waals surface area (Å²) in [6.07, 6.45) is 0.522. The van der Waals surface area contributed by atoms with Crippen LogP contribution in [0, 0.1) is 6.92 Å². The second-order valence-electron chi connectivity index (χ2n) is 4.40. The molecular formula is C13H19NO2. The largest absolute Gasteiger partial charge is 0.480 e. The van der Waals surface area contributed by atoms with Crippen molar-refractivity contribution in [1.82, 2.24) is 5.32 Å².